The molecule has 2 bridgehead atoms. The Hall–Kier alpha value is -0.150. The maximum atomic E-state index is 12.3. The van der Waals surface area contributed by atoms with Crippen molar-refractivity contribution in [2.24, 2.45) is 29.6 Å². The normalized spacial score (nSPS) is 41.6. The molecule has 0 aromatic carbocycles. The van der Waals surface area contributed by atoms with Crippen LogP contribution >= 0.6 is 27.3 Å². The Morgan fingerprint density at radius 2 is 2.06 bits per heavy atom. The molecule has 3 heteroatoms. The Kier molecular flexibility index (Phi) is 2.32. The van der Waals surface area contributed by atoms with E-state index >= 15 is 0 Å². The molecule has 0 radical (unpaired) electrons. The lowest BCUT2D eigenvalue weighted by molar-refractivity contribution is -0.120. The standard InChI is InChI=1S/C14H15BrOS/c15-9-3-4-17-11(9)6-10(16)14-12-7-1-2-8(5-7)13(12)14/h3-4,7-8,12-14H,1-2,5-6H2. The monoisotopic (exact) mass is 310 g/mol. The number of thiophene rings is 1. The van der Waals surface area contributed by atoms with E-state index in [4.69, 9.17) is 0 Å². The maximum absolute atomic E-state index is 12.3. The van der Waals surface area contributed by atoms with Crippen LogP contribution in [0.2, 0.25) is 0 Å². The lowest BCUT2D eigenvalue weighted by Gasteiger charge is -2.07. The zero-order valence-corrected chi connectivity index (χ0v) is 12.0. The van der Waals surface area contributed by atoms with Crippen LogP contribution in [0.25, 0.3) is 0 Å². The smallest absolute Gasteiger partial charge is 0.141 e. The van der Waals surface area contributed by atoms with E-state index in [0.29, 0.717) is 18.1 Å². The van der Waals surface area contributed by atoms with E-state index in [2.05, 4.69) is 21.3 Å². The zero-order valence-electron chi connectivity index (χ0n) is 9.56. The first-order valence-corrected chi connectivity index (χ1v) is 8.17. The summed E-state index contributed by atoms with van der Waals surface area (Å²) in [6.07, 6.45) is 4.90. The maximum Gasteiger partial charge on any atom is 0.141 e. The average Bonchev–Trinajstić information content (AvgIpc) is 2.64. The largest absolute Gasteiger partial charge is 0.299 e. The van der Waals surface area contributed by atoms with E-state index in [1.165, 1.54) is 24.1 Å². The number of ketones is 1. The minimum atomic E-state index is 0.440. The SMILES string of the molecule is O=C(Cc1sccc1Br)C1C2C3CCC(C3)C12. The van der Waals surface area contributed by atoms with Crippen molar-refractivity contribution in [1.29, 1.82) is 0 Å². The summed E-state index contributed by atoms with van der Waals surface area (Å²) in [5.41, 5.74) is 0. The van der Waals surface area contributed by atoms with Gasteiger partial charge in [-0.25, -0.2) is 0 Å². The van der Waals surface area contributed by atoms with Gasteiger partial charge in [-0.15, -0.1) is 11.3 Å². The van der Waals surface area contributed by atoms with Gasteiger partial charge in [-0.3, -0.25) is 4.79 Å². The molecular weight excluding hydrogens is 296 g/mol. The minimum absolute atomic E-state index is 0.440. The topological polar surface area (TPSA) is 17.1 Å². The molecule has 0 aliphatic heterocycles. The second kappa shape index (κ2) is 3.67. The number of hydrogen-bond donors (Lipinski definition) is 0. The van der Waals surface area contributed by atoms with E-state index in [1.807, 2.05) is 6.07 Å². The quantitative estimate of drug-likeness (QED) is 0.827. The van der Waals surface area contributed by atoms with Gasteiger partial charge in [0.1, 0.15) is 5.78 Å². The van der Waals surface area contributed by atoms with Crippen molar-refractivity contribution in [3.8, 4) is 0 Å². The molecule has 0 N–H and O–H groups in total. The zero-order chi connectivity index (χ0) is 11.6. The summed E-state index contributed by atoms with van der Waals surface area (Å²) in [5, 5.41) is 2.06. The molecule has 0 spiro atoms. The fourth-order valence-electron chi connectivity index (χ4n) is 4.48. The van der Waals surface area contributed by atoms with Crippen molar-refractivity contribution in [1.82, 2.24) is 0 Å². The molecule has 3 fully saturated rings. The molecule has 4 atom stereocenters. The first-order valence-electron chi connectivity index (χ1n) is 6.50. The summed E-state index contributed by atoms with van der Waals surface area (Å²) < 4.78 is 1.12. The van der Waals surface area contributed by atoms with E-state index in [9.17, 15) is 4.79 Å². The fraction of sp³-hybridized carbons (Fsp3) is 0.643. The van der Waals surface area contributed by atoms with Crippen LogP contribution in [-0.4, -0.2) is 5.78 Å². The Balaban J connectivity index is 1.48. The summed E-state index contributed by atoms with van der Waals surface area (Å²) in [4.78, 5) is 13.6. The molecule has 90 valence electrons. The number of Topliss-reactive ketones (excluding diaryl/α,β-unsaturated/α-hetero) is 1. The van der Waals surface area contributed by atoms with Gasteiger partial charge in [0.15, 0.2) is 0 Å². The number of carbonyl (C=O) groups is 1. The second-order valence-corrected chi connectivity index (χ2v) is 7.70. The molecule has 0 saturated heterocycles. The molecule has 4 rings (SSSR count). The highest BCUT2D eigenvalue weighted by Gasteiger charge is 2.66. The Morgan fingerprint density at radius 1 is 1.35 bits per heavy atom. The van der Waals surface area contributed by atoms with Crippen molar-refractivity contribution in [3.63, 3.8) is 0 Å². The van der Waals surface area contributed by atoms with E-state index < -0.39 is 0 Å². The van der Waals surface area contributed by atoms with Crippen LogP contribution < -0.4 is 0 Å². The lowest BCUT2D eigenvalue weighted by atomic mass is 9.98. The van der Waals surface area contributed by atoms with Crippen LogP contribution in [0, 0.1) is 29.6 Å². The summed E-state index contributed by atoms with van der Waals surface area (Å²) in [5.74, 6) is 4.35. The van der Waals surface area contributed by atoms with Gasteiger partial charge in [0.05, 0.1) is 0 Å². The number of carbonyl (C=O) groups excluding carboxylic acids is 1. The number of fused-ring (bicyclic) bond motifs is 5. The van der Waals surface area contributed by atoms with Gasteiger partial charge in [0, 0.05) is 21.7 Å². The first kappa shape index (κ1) is 10.7. The Morgan fingerprint density at radius 3 is 2.65 bits per heavy atom. The van der Waals surface area contributed by atoms with Gasteiger partial charge in [-0.1, -0.05) is 0 Å². The van der Waals surface area contributed by atoms with Gasteiger partial charge in [0.25, 0.3) is 0 Å². The Labute approximate surface area is 114 Å². The molecule has 3 saturated carbocycles. The summed E-state index contributed by atoms with van der Waals surface area (Å²) >= 11 is 5.22. The van der Waals surface area contributed by atoms with E-state index in [1.54, 1.807) is 11.3 Å². The molecule has 1 aromatic heterocycles. The summed E-state index contributed by atoms with van der Waals surface area (Å²) in [6, 6.07) is 2.05. The number of halogens is 1. The van der Waals surface area contributed by atoms with Crippen LogP contribution in [0.3, 0.4) is 0 Å². The number of hydrogen-bond acceptors (Lipinski definition) is 2. The van der Waals surface area contributed by atoms with Crippen LogP contribution in [-0.2, 0) is 11.2 Å². The molecule has 3 aliphatic carbocycles. The van der Waals surface area contributed by atoms with Crippen molar-refractivity contribution in [3.05, 3.63) is 20.8 Å². The third-order valence-corrected chi connectivity index (χ3v) is 7.06. The average molecular weight is 311 g/mol. The molecule has 1 aromatic rings. The highest BCUT2D eigenvalue weighted by Crippen LogP contribution is 2.69. The van der Waals surface area contributed by atoms with E-state index in [-0.39, 0.29) is 0 Å². The summed E-state index contributed by atoms with van der Waals surface area (Å²) in [6.45, 7) is 0. The van der Waals surface area contributed by atoms with Crippen molar-refractivity contribution in [2.45, 2.75) is 25.7 Å². The first-order chi connectivity index (χ1) is 8.25. The van der Waals surface area contributed by atoms with Crippen LogP contribution in [0.15, 0.2) is 15.9 Å². The summed E-state index contributed by atoms with van der Waals surface area (Å²) in [7, 11) is 0. The predicted molar refractivity (Wildman–Crippen MR) is 72.0 cm³/mol. The molecule has 17 heavy (non-hydrogen) atoms. The predicted octanol–water partition coefficient (Wildman–Crippen LogP) is 3.91. The van der Waals surface area contributed by atoms with Crippen molar-refractivity contribution < 1.29 is 4.79 Å². The van der Waals surface area contributed by atoms with Crippen LogP contribution in [0.1, 0.15) is 24.1 Å². The minimum Gasteiger partial charge on any atom is -0.299 e. The van der Waals surface area contributed by atoms with Gasteiger partial charge in [-0.2, -0.15) is 0 Å². The fourth-order valence-corrected chi connectivity index (χ4v) is 5.98. The molecule has 0 amide bonds. The molecule has 4 unspecified atom stereocenters. The molecule has 1 nitrogen and oxygen atoms in total. The third kappa shape index (κ3) is 1.51. The van der Waals surface area contributed by atoms with Crippen LogP contribution in [0.4, 0.5) is 0 Å². The Bertz CT molecular complexity index is 464. The molecule has 1 heterocycles. The molecule has 3 aliphatic rings. The second-order valence-electron chi connectivity index (χ2n) is 5.85. The van der Waals surface area contributed by atoms with E-state index in [0.717, 1.165) is 28.1 Å². The number of rotatable bonds is 3. The highest BCUT2D eigenvalue weighted by atomic mass is 79.9. The van der Waals surface area contributed by atoms with Crippen molar-refractivity contribution in [2.75, 3.05) is 0 Å². The highest BCUT2D eigenvalue weighted by molar-refractivity contribution is 9.10. The molecular formula is C14H15BrOS. The lowest BCUT2D eigenvalue weighted by Crippen LogP contribution is -2.11. The van der Waals surface area contributed by atoms with Gasteiger partial charge in [-0.05, 0) is 70.3 Å². The van der Waals surface area contributed by atoms with Crippen LogP contribution in [0.5, 0.6) is 0 Å². The third-order valence-electron chi connectivity index (χ3n) is 5.13. The van der Waals surface area contributed by atoms with Gasteiger partial charge >= 0.3 is 0 Å². The van der Waals surface area contributed by atoms with Gasteiger partial charge < -0.3 is 0 Å². The van der Waals surface area contributed by atoms with Gasteiger partial charge in [0.2, 0.25) is 0 Å². The van der Waals surface area contributed by atoms with Crippen molar-refractivity contribution >= 4 is 33.0 Å².